The molecule has 1 saturated heterocycles. The summed E-state index contributed by atoms with van der Waals surface area (Å²) in [6, 6.07) is 5.15. The van der Waals surface area contributed by atoms with E-state index in [2.05, 4.69) is 27.5 Å². The number of carbonyl (C=O) groups excluding carboxylic acids is 1. The quantitative estimate of drug-likeness (QED) is 0.269. The zero-order chi connectivity index (χ0) is 21.4. The van der Waals surface area contributed by atoms with Gasteiger partial charge < -0.3 is 15.5 Å². The van der Waals surface area contributed by atoms with Gasteiger partial charge in [-0.05, 0) is 31.0 Å². The highest BCUT2D eigenvalue weighted by molar-refractivity contribution is 14.0. The van der Waals surface area contributed by atoms with Crippen LogP contribution in [0.2, 0.25) is 0 Å². The first-order valence-corrected chi connectivity index (χ1v) is 9.62. The number of hydrogen-bond donors (Lipinski definition) is 2. The van der Waals surface area contributed by atoms with Crippen LogP contribution in [0.1, 0.15) is 37.8 Å². The summed E-state index contributed by atoms with van der Waals surface area (Å²) in [5.41, 5.74) is -0.399. The van der Waals surface area contributed by atoms with Crippen molar-refractivity contribution >= 4 is 35.8 Å². The number of amides is 1. The predicted octanol–water partition coefficient (Wildman–Crippen LogP) is 3.49. The van der Waals surface area contributed by atoms with Crippen LogP contribution in [0.15, 0.2) is 29.3 Å². The molecule has 30 heavy (non-hydrogen) atoms. The molecule has 0 unspecified atom stereocenters. The minimum atomic E-state index is -4.38. The molecule has 5 nitrogen and oxygen atoms in total. The number of benzene rings is 1. The van der Waals surface area contributed by atoms with Crippen LogP contribution in [-0.2, 0) is 11.0 Å². The van der Waals surface area contributed by atoms with Crippen molar-refractivity contribution < 1.29 is 18.0 Å². The van der Waals surface area contributed by atoms with Crippen LogP contribution in [0.4, 0.5) is 13.2 Å². The van der Waals surface area contributed by atoms with Crippen molar-refractivity contribution in [1.29, 1.82) is 0 Å². The second-order valence-electron chi connectivity index (χ2n) is 7.20. The molecule has 1 heterocycles. The topological polar surface area (TPSA) is 56.7 Å². The van der Waals surface area contributed by atoms with Crippen LogP contribution >= 0.6 is 24.0 Å². The third-order valence-electron chi connectivity index (χ3n) is 4.63. The largest absolute Gasteiger partial charge is 0.416 e. The Balaban J connectivity index is 0.00000450. The molecule has 1 aliphatic heterocycles. The molecule has 2 rings (SSSR count). The molecule has 9 heteroatoms. The Morgan fingerprint density at radius 3 is 2.53 bits per heavy atom. The molecule has 2 N–H and O–H groups in total. The van der Waals surface area contributed by atoms with E-state index in [0.717, 1.165) is 25.0 Å². The minimum absolute atomic E-state index is 0. The van der Waals surface area contributed by atoms with Gasteiger partial charge in [0.1, 0.15) is 0 Å². The van der Waals surface area contributed by atoms with E-state index in [9.17, 15) is 18.0 Å². The lowest BCUT2D eigenvalue weighted by Gasteiger charge is -2.34. The Morgan fingerprint density at radius 2 is 1.97 bits per heavy atom. The monoisotopic (exact) mass is 536 g/mol. The van der Waals surface area contributed by atoms with Gasteiger partial charge in [0.15, 0.2) is 5.96 Å². The summed E-state index contributed by atoms with van der Waals surface area (Å²) >= 11 is 0. The summed E-state index contributed by atoms with van der Waals surface area (Å²) in [6.45, 7) is 5.47. The molecule has 1 aromatic rings. The van der Waals surface area contributed by atoms with Crippen molar-refractivity contribution in [1.82, 2.24) is 15.5 Å². The van der Waals surface area contributed by atoms with E-state index in [0.29, 0.717) is 24.6 Å². The van der Waals surface area contributed by atoms with Crippen molar-refractivity contribution in [2.75, 3.05) is 26.7 Å². The number of carbonyl (C=O) groups is 1. The van der Waals surface area contributed by atoms with Crippen LogP contribution in [-0.4, -0.2) is 49.5 Å². The van der Waals surface area contributed by atoms with Crippen molar-refractivity contribution in [3.8, 4) is 11.8 Å². The molecule has 0 atom stereocenters. The van der Waals surface area contributed by atoms with E-state index < -0.39 is 11.7 Å². The molecule has 1 fully saturated rings. The third-order valence-corrected chi connectivity index (χ3v) is 4.63. The zero-order valence-corrected chi connectivity index (χ0v) is 19.7. The molecule has 0 radical (unpaired) electrons. The van der Waals surface area contributed by atoms with Crippen LogP contribution in [0.5, 0.6) is 0 Å². The Kier molecular flexibility index (Phi) is 10.5. The summed E-state index contributed by atoms with van der Waals surface area (Å²) in [7, 11) is 1.65. The molecule has 0 spiro atoms. The van der Waals surface area contributed by atoms with E-state index in [-0.39, 0.29) is 48.4 Å². The van der Waals surface area contributed by atoms with Gasteiger partial charge in [-0.25, -0.2) is 0 Å². The third kappa shape index (κ3) is 8.05. The van der Waals surface area contributed by atoms with Gasteiger partial charge in [-0.15, -0.1) is 24.0 Å². The molecular weight excluding hydrogens is 508 g/mol. The molecule has 0 saturated carbocycles. The zero-order valence-electron chi connectivity index (χ0n) is 17.3. The second-order valence-corrected chi connectivity index (χ2v) is 7.20. The lowest BCUT2D eigenvalue weighted by Crippen LogP contribution is -2.50. The highest BCUT2D eigenvalue weighted by Gasteiger charge is 2.30. The van der Waals surface area contributed by atoms with E-state index in [1.807, 2.05) is 18.7 Å². The van der Waals surface area contributed by atoms with Gasteiger partial charge in [0.25, 0.3) is 0 Å². The van der Waals surface area contributed by atoms with E-state index in [1.54, 1.807) is 13.1 Å². The van der Waals surface area contributed by atoms with Gasteiger partial charge in [-0.2, -0.15) is 13.2 Å². The standard InChI is InChI=1S/C21H27F3N4O.HI/c1-15(2)19(29)28-12-9-18(10-13-28)27-20(25-3)26-11-5-7-16-6-4-8-17(14-16)21(22,23)24;/h4,6,8,14-15,18H,9-13H2,1-3H3,(H2,25,26,27);1H. The Labute approximate surface area is 192 Å². The first-order valence-electron chi connectivity index (χ1n) is 9.62. The fourth-order valence-electron chi connectivity index (χ4n) is 3.04. The maximum absolute atomic E-state index is 12.7. The molecule has 1 aromatic carbocycles. The predicted molar refractivity (Wildman–Crippen MR) is 123 cm³/mol. The Bertz CT molecular complexity index is 791. The van der Waals surface area contributed by atoms with Gasteiger partial charge in [0.2, 0.25) is 5.91 Å². The average molecular weight is 536 g/mol. The second kappa shape index (κ2) is 12.0. The number of aliphatic imine (C=N–C) groups is 1. The van der Waals surface area contributed by atoms with Crippen LogP contribution in [0.25, 0.3) is 0 Å². The van der Waals surface area contributed by atoms with Crippen LogP contribution in [0.3, 0.4) is 0 Å². The molecular formula is C21H28F3IN4O. The number of rotatable bonds is 3. The summed E-state index contributed by atoms with van der Waals surface area (Å²) in [5, 5.41) is 6.35. The normalized spacial score (nSPS) is 15.2. The maximum atomic E-state index is 12.7. The number of nitrogens with one attached hydrogen (secondary N) is 2. The molecule has 0 bridgehead atoms. The van der Waals surface area contributed by atoms with Crippen molar-refractivity contribution in [2.45, 2.75) is 38.9 Å². The van der Waals surface area contributed by atoms with Crippen molar-refractivity contribution in [3.05, 3.63) is 35.4 Å². The SMILES string of the molecule is CN=C(NCC#Cc1cccc(C(F)(F)F)c1)NC1CCN(C(=O)C(C)C)CC1.I. The van der Waals surface area contributed by atoms with Crippen molar-refractivity contribution in [3.63, 3.8) is 0 Å². The molecule has 1 aliphatic rings. The summed E-state index contributed by atoms with van der Waals surface area (Å²) in [4.78, 5) is 18.1. The average Bonchev–Trinajstić information content (AvgIpc) is 2.69. The summed E-state index contributed by atoms with van der Waals surface area (Å²) in [5.74, 6) is 6.31. The lowest BCUT2D eigenvalue weighted by molar-refractivity contribution is -0.137. The Hall–Kier alpha value is -1.96. The van der Waals surface area contributed by atoms with Gasteiger partial charge >= 0.3 is 6.18 Å². The van der Waals surface area contributed by atoms with Crippen molar-refractivity contribution in [2.24, 2.45) is 10.9 Å². The van der Waals surface area contributed by atoms with Gasteiger partial charge in [0.05, 0.1) is 12.1 Å². The van der Waals surface area contributed by atoms with E-state index in [1.165, 1.54) is 6.07 Å². The maximum Gasteiger partial charge on any atom is 0.416 e. The van der Waals surface area contributed by atoms with Gasteiger partial charge in [-0.3, -0.25) is 9.79 Å². The lowest BCUT2D eigenvalue weighted by atomic mass is 10.0. The molecule has 0 aromatic heterocycles. The van der Waals surface area contributed by atoms with E-state index in [4.69, 9.17) is 0 Å². The molecule has 1 amide bonds. The first-order chi connectivity index (χ1) is 13.7. The van der Waals surface area contributed by atoms with Crippen LogP contribution in [0, 0.1) is 17.8 Å². The number of piperidine rings is 1. The number of hydrogen-bond acceptors (Lipinski definition) is 2. The highest BCUT2D eigenvalue weighted by Crippen LogP contribution is 2.29. The summed E-state index contributed by atoms with van der Waals surface area (Å²) in [6.07, 6.45) is -2.72. The number of alkyl halides is 3. The highest BCUT2D eigenvalue weighted by atomic mass is 127. The van der Waals surface area contributed by atoms with Gasteiger partial charge in [-0.1, -0.05) is 31.8 Å². The Morgan fingerprint density at radius 1 is 1.30 bits per heavy atom. The first kappa shape index (κ1) is 26.1. The fraction of sp³-hybridized carbons (Fsp3) is 0.524. The fourth-order valence-corrected chi connectivity index (χ4v) is 3.04. The number of guanidine groups is 1. The van der Waals surface area contributed by atoms with E-state index >= 15 is 0 Å². The smallest absolute Gasteiger partial charge is 0.354 e. The minimum Gasteiger partial charge on any atom is -0.354 e. The summed E-state index contributed by atoms with van der Waals surface area (Å²) < 4.78 is 38.2. The van der Waals surface area contributed by atoms with Crippen LogP contribution < -0.4 is 10.6 Å². The van der Waals surface area contributed by atoms with Gasteiger partial charge in [0, 0.05) is 37.7 Å². The number of likely N-dealkylation sites (tertiary alicyclic amines) is 1. The molecule has 166 valence electrons. The number of nitrogens with zero attached hydrogens (tertiary/aromatic N) is 2. The number of halogens is 4. The molecule has 0 aliphatic carbocycles.